The number of nitrogens with one attached hydrogen (secondary N) is 4. The van der Waals surface area contributed by atoms with E-state index in [1.54, 1.807) is 38.1 Å². The largest absolute Gasteiger partial charge is 0.479 e. The van der Waals surface area contributed by atoms with Crippen LogP contribution < -0.4 is 26.0 Å². The summed E-state index contributed by atoms with van der Waals surface area (Å²) in [5, 5.41) is 9.83. The highest BCUT2D eigenvalue weighted by atomic mass is 19.2. The third kappa shape index (κ3) is 9.48. The number of benzene rings is 2. The summed E-state index contributed by atoms with van der Waals surface area (Å²) in [5.41, 5.74) is 0.911. The molecular weight excluding hydrogens is 604 g/mol. The van der Waals surface area contributed by atoms with E-state index in [2.05, 4.69) is 21.3 Å². The van der Waals surface area contributed by atoms with Gasteiger partial charge in [-0.1, -0.05) is 32.0 Å². The summed E-state index contributed by atoms with van der Waals surface area (Å²) in [5.74, 6) is -14.1. The van der Waals surface area contributed by atoms with Crippen molar-refractivity contribution in [2.45, 2.75) is 51.8 Å². The maximum absolute atomic E-state index is 14.1. The number of para-hydroxylation sites is 1. The van der Waals surface area contributed by atoms with Gasteiger partial charge in [-0.15, -0.1) is 0 Å². The molecule has 0 unspecified atom stereocenters. The third-order valence-corrected chi connectivity index (χ3v) is 6.92. The molecule has 0 radical (unpaired) electrons. The predicted molar refractivity (Wildman–Crippen MR) is 152 cm³/mol. The molecule has 4 N–H and O–H groups in total. The number of methoxy groups -OCH3 is 1. The Labute approximate surface area is 256 Å². The van der Waals surface area contributed by atoms with Crippen molar-refractivity contribution in [3.8, 4) is 5.75 Å². The molecular formula is C30H34F4N4O7. The SMILES string of the molecule is COCc1ccccc1NC(=O)C(=O)N[C@@H](CC(C)C)C(=O)N[C@@H](C[C@@H]1CCNC1=O)C(=O)COc1c(F)c(F)cc(F)c1F. The van der Waals surface area contributed by atoms with E-state index in [0.29, 0.717) is 24.2 Å². The van der Waals surface area contributed by atoms with E-state index in [0.717, 1.165) is 0 Å². The van der Waals surface area contributed by atoms with Gasteiger partial charge in [0.1, 0.15) is 12.6 Å². The highest BCUT2D eigenvalue weighted by Gasteiger charge is 2.34. The van der Waals surface area contributed by atoms with Crippen molar-refractivity contribution >= 4 is 35.1 Å². The number of Topliss-reactive ketones (excluding diaryl/α,β-unsaturated/α-hetero) is 1. The lowest BCUT2D eigenvalue weighted by molar-refractivity contribution is -0.138. The summed E-state index contributed by atoms with van der Waals surface area (Å²) in [4.78, 5) is 64.3. The van der Waals surface area contributed by atoms with Gasteiger partial charge < -0.3 is 30.7 Å². The summed E-state index contributed by atoms with van der Waals surface area (Å²) >= 11 is 0. The number of ketones is 1. The van der Waals surface area contributed by atoms with Gasteiger partial charge in [0.25, 0.3) is 0 Å². The standard InChI is InChI=1S/C30H34F4N4O7/c1-15(2)10-22(38-30(43)29(42)36-20-7-5-4-6-17(20)13-44-3)28(41)37-21(11-16-8-9-35-27(16)40)23(39)14-45-26-24(33)18(31)12-19(32)25(26)34/h4-7,12,15-16,21-22H,8-11,13-14H2,1-3H3,(H,35,40)(H,36,42)(H,37,41)(H,38,43)/t16-,21-,22-/m0/s1. The van der Waals surface area contributed by atoms with Crippen molar-refractivity contribution in [1.82, 2.24) is 16.0 Å². The number of carbonyl (C=O) groups is 5. The van der Waals surface area contributed by atoms with Crippen LogP contribution in [0.15, 0.2) is 30.3 Å². The fourth-order valence-corrected chi connectivity index (χ4v) is 4.65. The molecule has 45 heavy (non-hydrogen) atoms. The molecule has 0 saturated carbocycles. The Kier molecular flexibility index (Phi) is 12.4. The molecule has 15 heteroatoms. The Bertz CT molecular complexity index is 1410. The number of hydrogen-bond donors (Lipinski definition) is 4. The molecule has 0 aliphatic carbocycles. The van der Waals surface area contributed by atoms with Crippen LogP contribution in [0.25, 0.3) is 0 Å². The van der Waals surface area contributed by atoms with Crippen LogP contribution in [0.3, 0.4) is 0 Å². The van der Waals surface area contributed by atoms with Crippen molar-refractivity contribution in [2.24, 2.45) is 11.8 Å². The van der Waals surface area contributed by atoms with Crippen molar-refractivity contribution in [3.63, 3.8) is 0 Å². The minimum Gasteiger partial charge on any atom is -0.479 e. The van der Waals surface area contributed by atoms with Crippen LogP contribution in [0.1, 0.15) is 38.7 Å². The lowest BCUT2D eigenvalue weighted by Crippen LogP contribution is -2.54. The van der Waals surface area contributed by atoms with Crippen LogP contribution in [-0.2, 0) is 35.3 Å². The smallest absolute Gasteiger partial charge is 0.313 e. The third-order valence-electron chi connectivity index (χ3n) is 6.92. The highest BCUT2D eigenvalue weighted by Crippen LogP contribution is 2.27. The Balaban J connectivity index is 1.76. The molecule has 4 amide bonds. The minimum atomic E-state index is -1.86. The first-order valence-electron chi connectivity index (χ1n) is 14.1. The van der Waals surface area contributed by atoms with Crippen LogP contribution >= 0.6 is 0 Å². The molecule has 1 fully saturated rings. The van der Waals surface area contributed by atoms with E-state index in [9.17, 15) is 41.5 Å². The maximum Gasteiger partial charge on any atom is 0.313 e. The number of carbonyl (C=O) groups excluding carboxylic acids is 5. The van der Waals surface area contributed by atoms with Gasteiger partial charge in [-0.2, -0.15) is 8.78 Å². The molecule has 244 valence electrons. The van der Waals surface area contributed by atoms with Gasteiger partial charge >= 0.3 is 11.8 Å². The van der Waals surface area contributed by atoms with E-state index < -0.39 is 83.0 Å². The molecule has 2 aromatic carbocycles. The Hall–Kier alpha value is -4.53. The number of ether oxygens (including phenoxy) is 2. The van der Waals surface area contributed by atoms with E-state index in [-0.39, 0.29) is 31.4 Å². The molecule has 11 nitrogen and oxygen atoms in total. The zero-order valence-corrected chi connectivity index (χ0v) is 24.8. The molecule has 1 aliphatic rings. The maximum atomic E-state index is 14.1. The quantitative estimate of drug-likeness (QED) is 0.141. The first-order valence-corrected chi connectivity index (χ1v) is 14.1. The van der Waals surface area contributed by atoms with Crippen LogP contribution in [0.4, 0.5) is 23.2 Å². The van der Waals surface area contributed by atoms with Gasteiger partial charge in [0, 0.05) is 36.9 Å². The lowest BCUT2D eigenvalue weighted by Gasteiger charge is -2.25. The van der Waals surface area contributed by atoms with E-state index in [1.807, 2.05) is 0 Å². The summed E-state index contributed by atoms with van der Waals surface area (Å²) in [6, 6.07) is 3.78. The first-order chi connectivity index (χ1) is 21.3. The molecule has 0 bridgehead atoms. The van der Waals surface area contributed by atoms with Crippen LogP contribution in [0.5, 0.6) is 5.75 Å². The minimum absolute atomic E-state index is 0.0249. The second-order valence-corrected chi connectivity index (χ2v) is 10.8. The van der Waals surface area contributed by atoms with E-state index in [1.165, 1.54) is 7.11 Å². The van der Waals surface area contributed by atoms with Gasteiger partial charge in [0.2, 0.25) is 23.4 Å². The zero-order valence-electron chi connectivity index (χ0n) is 24.8. The summed E-state index contributed by atoms with van der Waals surface area (Å²) < 4.78 is 65.2. The number of anilines is 1. The molecule has 3 atom stereocenters. The Morgan fingerprint density at radius 2 is 1.64 bits per heavy atom. The normalized spacial score (nSPS) is 15.6. The fourth-order valence-electron chi connectivity index (χ4n) is 4.65. The Morgan fingerprint density at radius 3 is 2.24 bits per heavy atom. The number of hydrogen-bond acceptors (Lipinski definition) is 7. The predicted octanol–water partition coefficient (Wildman–Crippen LogP) is 2.52. The highest BCUT2D eigenvalue weighted by molar-refractivity contribution is 6.40. The topological polar surface area (TPSA) is 152 Å². The number of rotatable bonds is 14. The molecule has 1 saturated heterocycles. The molecule has 3 rings (SSSR count). The summed E-state index contributed by atoms with van der Waals surface area (Å²) in [7, 11) is 1.46. The second kappa shape index (κ2) is 16.0. The van der Waals surface area contributed by atoms with Gasteiger partial charge in [0.05, 0.1) is 12.6 Å². The average Bonchev–Trinajstić information content (AvgIpc) is 3.39. The van der Waals surface area contributed by atoms with Crippen LogP contribution in [-0.4, -0.2) is 61.8 Å². The molecule has 2 aromatic rings. The van der Waals surface area contributed by atoms with Gasteiger partial charge in [-0.3, -0.25) is 24.0 Å². The second-order valence-electron chi connectivity index (χ2n) is 10.8. The van der Waals surface area contributed by atoms with Crippen molar-refractivity contribution in [3.05, 3.63) is 59.2 Å². The zero-order chi connectivity index (χ0) is 33.3. The fraction of sp³-hybridized carbons (Fsp3) is 0.433. The van der Waals surface area contributed by atoms with Crippen molar-refractivity contribution in [2.75, 3.05) is 25.6 Å². The molecule has 0 spiro atoms. The molecule has 1 aliphatic heterocycles. The monoisotopic (exact) mass is 638 g/mol. The average molecular weight is 639 g/mol. The van der Waals surface area contributed by atoms with Crippen LogP contribution in [0.2, 0.25) is 0 Å². The van der Waals surface area contributed by atoms with Gasteiger partial charge in [-0.25, -0.2) is 8.78 Å². The van der Waals surface area contributed by atoms with Crippen LogP contribution in [0, 0.1) is 35.1 Å². The van der Waals surface area contributed by atoms with Crippen molar-refractivity contribution < 1.29 is 51.0 Å². The summed E-state index contributed by atoms with van der Waals surface area (Å²) in [6.07, 6.45) is 0.0986. The molecule has 0 aromatic heterocycles. The van der Waals surface area contributed by atoms with E-state index in [4.69, 9.17) is 9.47 Å². The molecule has 1 heterocycles. The number of amides is 4. The van der Waals surface area contributed by atoms with Gasteiger partial charge in [-0.05, 0) is 31.2 Å². The summed E-state index contributed by atoms with van der Waals surface area (Å²) in [6.45, 7) is 2.83. The first kappa shape index (κ1) is 35.0. The van der Waals surface area contributed by atoms with Gasteiger partial charge in [0.15, 0.2) is 23.2 Å². The number of halogens is 4. The van der Waals surface area contributed by atoms with E-state index >= 15 is 0 Å². The van der Waals surface area contributed by atoms with Crippen molar-refractivity contribution in [1.29, 1.82) is 0 Å². The lowest BCUT2D eigenvalue weighted by atomic mass is 9.95. The Morgan fingerprint density at radius 1 is 0.978 bits per heavy atom.